The molecule has 0 aliphatic carbocycles. The number of aliphatic hydroxyl groups is 1. The third kappa shape index (κ3) is 11.7. The van der Waals surface area contributed by atoms with Crippen molar-refractivity contribution < 1.29 is 9.90 Å². The molecule has 7 heteroatoms. The second-order valence-electron chi connectivity index (χ2n) is 6.14. The van der Waals surface area contributed by atoms with Crippen molar-refractivity contribution in [3.8, 4) is 0 Å². The topological polar surface area (TPSA) is 77.0 Å². The standard InChI is InChI=1S/C14H30N4O2.HI/c1-7-15-13(16-8-11(2)10-19)18(6)9-12(20)17-14(3,4)5;/h11,19H,7-10H2,1-6H3,(H,15,16)(H,17,20);1H. The molecule has 6 nitrogen and oxygen atoms in total. The number of hydrogen-bond donors (Lipinski definition) is 3. The summed E-state index contributed by atoms with van der Waals surface area (Å²) in [5.74, 6) is 0.748. The molecule has 0 aromatic rings. The average molecular weight is 414 g/mol. The first-order valence-corrected chi connectivity index (χ1v) is 7.11. The first-order chi connectivity index (χ1) is 9.19. The highest BCUT2D eigenvalue weighted by molar-refractivity contribution is 14.0. The van der Waals surface area contributed by atoms with Crippen LogP contribution in [0.15, 0.2) is 4.99 Å². The van der Waals surface area contributed by atoms with Crippen molar-refractivity contribution >= 4 is 35.8 Å². The molecule has 0 aromatic carbocycles. The maximum absolute atomic E-state index is 11.9. The smallest absolute Gasteiger partial charge is 0.240 e. The Labute approximate surface area is 145 Å². The normalized spacial score (nSPS) is 13.2. The van der Waals surface area contributed by atoms with Crippen LogP contribution in [0.3, 0.4) is 0 Å². The van der Waals surface area contributed by atoms with Crippen molar-refractivity contribution in [1.82, 2.24) is 15.5 Å². The molecular formula is C14H31IN4O2. The first-order valence-electron chi connectivity index (χ1n) is 7.11. The van der Waals surface area contributed by atoms with Crippen LogP contribution in [0.2, 0.25) is 0 Å². The summed E-state index contributed by atoms with van der Waals surface area (Å²) in [4.78, 5) is 18.1. The second kappa shape index (κ2) is 11.1. The van der Waals surface area contributed by atoms with Gasteiger partial charge in [-0.15, -0.1) is 24.0 Å². The Balaban J connectivity index is 0. The number of hydrogen-bond acceptors (Lipinski definition) is 3. The van der Waals surface area contributed by atoms with Crippen LogP contribution in [-0.4, -0.2) is 60.7 Å². The minimum absolute atomic E-state index is 0. The zero-order valence-corrected chi connectivity index (χ0v) is 16.4. The Hall–Kier alpha value is -0.570. The molecule has 0 aliphatic rings. The van der Waals surface area contributed by atoms with Crippen LogP contribution in [0.1, 0.15) is 34.6 Å². The maximum atomic E-state index is 11.9. The molecule has 21 heavy (non-hydrogen) atoms. The van der Waals surface area contributed by atoms with Crippen molar-refractivity contribution in [3.05, 3.63) is 0 Å². The Morgan fingerprint density at radius 1 is 1.38 bits per heavy atom. The monoisotopic (exact) mass is 414 g/mol. The summed E-state index contributed by atoms with van der Waals surface area (Å²) in [6.45, 7) is 11.4. The van der Waals surface area contributed by atoms with E-state index in [1.807, 2.05) is 41.7 Å². The van der Waals surface area contributed by atoms with Crippen LogP contribution in [0, 0.1) is 5.92 Å². The SMILES string of the molecule is CCNC(=NCC(C)CO)N(C)CC(=O)NC(C)(C)C.I. The Bertz CT molecular complexity index is 329. The van der Waals surface area contributed by atoms with Crippen LogP contribution in [0.25, 0.3) is 0 Å². The number of likely N-dealkylation sites (N-methyl/N-ethyl adjacent to an activating group) is 1. The number of halogens is 1. The largest absolute Gasteiger partial charge is 0.396 e. The molecule has 1 amide bonds. The minimum Gasteiger partial charge on any atom is -0.396 e. The lowest BCUT2D eigenvalue weighted by atomic mass is 10.1. The molecule has 0 aliphatic heterocycles. The van der Waals surface area contributed by atoms with Crippen LogP contribution in [0.5, 0.6) is 0 Å². The average Bonchev–Trinajstić information content (AvgIpc) is 2.31. The van der Waals surface area contributed by atoms with E-state index in [9.17, 15) is 4.79 Å². The van der Waals surface area contributed by atoms with E-state index in [-0.39, 0.29) is 54.5 Å². The minimum atomic E-state index is -0.237. The van der Waals surface area contributed by atoms with E-state index in [1.54, 1.807) is 4.90 Å². The van der Waals surface area contributed by atoms with Crippen LogP contribution in [0.4, 0.5) is 0 Å². The third-order valence-corrected chi connectivity index (χ3v) is 2.46. The van der Waals surface area contributed by atoms with E-state index in [1.165, 1.54) is 0 Å². The summed E-state index contributed by atoms with van der Waals surface area (Å²) in [5, 5.41) is 15.1. The molecule has 0 fully saturated rings. The summed E-state index contributed by atoms with van der Waals surface area (Å²) in [6.07, 6.45) is 0. The van der Waals surface area contributed by atoms with Gasteiger partial charge in [0.25, 0.3) is 0 Å². The van der Waals surface area contributed by atoms with Crippen LogP contribution >= 0.6 is 24.0 Å². The fourth-order valence-corrected chi connectivity index (χ4v) is 1.52. The van der Waals surface area contributed by atoms with Gasteiger partial charge >= 0.3 is 0 Å². The maximum Gasteiger partial charge on any atom is 0.240 e. The number of nitrogens with zero attached hydrogens (tertiary/aromatic N) is 2. The quantitative estimate of drug-likeness (QED) is 0.345. The van der Waals surface area contributed by atoms with Crippen molar-refractivity contribution in [3.63, 3.8) is 0 Å². The van der Waals surface area contributed by atoms with Gasteiger partial charge in [-0.25, -0.2) is 0 Å². The van der Waals surface area contributed by atoms with Gasteiger partial charge in [0.05, 0.1) is 6.54 Å². The first kappa shape index (κ1) is 22.7. The predicted molar refractivity (Wildman–Crippen MR) is 98.2 cm³/mol. The van der Waals surface area contributed by atoms with Crippen LogP contribution in [-0.2, 0) is 4.79 Å². The van der Waals surface area contributed by atoms with Crippen molar-refractivity contribution in [2.24, 2.45) is 10.9 Å². The molecule has 0 saturated heterocycles. The van der Waals surface area contributed by atoms with Gasteiger partial charge in [0.2, 0.25) is 5.91 Å². The summed E-state index contributed by atoms with van der Waals surface area (Å²) in [7, 11) is 1.83. The lowest BCUT2D eigenvalue weighted by molar-refractivity contribution is -0.122. The van der Waals surface area contributed by atoms with Gasteiger partial charge in [0.15, 0.2) is 5.96 Å². The lowest BCUT2D eigenvalue weighted by Gasteiger charge is -2.25. The van der Waals surface area contributed by atoms with Gasteiger partial charge in [0.1, 0.15) is 0 Å². The number of amides is 1. The highest BCUT2D eigenvalue weighted by Gasteiger charge is 2.16. The summed E-state index contributed by atoms with van der Waals surface area (Å²) >= 11 is 0. The number of aliphatic imine (C=N–C) groups is 1. The molecular weight excluding hydrogens is 383 g/mol. The van der Waals surface area contributed by atoms with Gasteiger partial charge in [-0.1, -0.05) is 6.92 Å². The number of rotatable bonds is 6. The Morgan fingerprint density at radius 3 is 2.38 bits per heavy atom. The van der Waals surface area contributed by atoms with Crippen LogP contribution < -0.4 is 10.6 Å². The zero-order chi connectivity index (χ0) is 15.8. The molecule has 0 rings (SSSR count). The van der Waals surface area contributed by atoms with Gasteiger partial charge in [0, 0.05) is 32.3 Å². The molecule has 1 atom stereocenters. The summed E-state index contributed by atoms with van der Waals surface area (Å²) in [5.41, 5.74) is -0.237. The van der Waals surface area contributed by atoms with E-state index in [0.717, 1.165) is 6.54 Å². The zero-order valence-electron chi connectivity index (χ0n) is 14.1. The molecule has 0 aromatic heterocycles. The molecule has 0 heterocycles. The van der Waals surface area contributed by atoms with Crippen molar-refractivity contribution in [2.75, 3.05) is 33.3 Å². The predicted octanol–water partition coefficient (Wildman–Crippen LogP) is 1.04. The Morgan fingerprint density at radius 2 is 1.95 bits per heavy atom. The molecule has 1 unspecified atom stereocenters. The Kier molecular flexibility index (Phi) is 12.0. The van der Waals surface area contributed by atoms with E-state index >= 15 is 0 Å². The highest BCUT2D eigenvalue weighted by Crippen LogP contribution is 1.99. The molecule has 0 bridgehead atoms. The number of nitrogens with one attached hydrogen (secondary N) is 2. The van der Waals surface area contributed by atoms with Crippen molar-refractivity contribution in [2.45, 2.75) is 40.2 Å². The molecule has 126 valence electrons. The second-order valence-corrected chi connectivity index (χ2v) is 6.14. The van der Waals surface area contributed by atoms with E-state index < -0.39 is 0 Å². The highest BCUT2D eigenvalue weighted by atomic mass is 127. The van der Waals surface area contributed by atoms with E-state index in [0.29, 0.717) is 12.5 Å². The molecule has 0 spiro atoms. The third-order valence-electron chi connectivity index (χ3n) is 2.46. The number of carbonyl (C=O) groups is 1. The van der Waals surface area contributed by atoms with Gasteiger partial charge in [-0.05, 0) is 33.6 Å². The summed E-state index contributed by atoms with van der Waals surface area (Å²) in [6, 6.07) is 0. The fraction of sp³-hybridized carbons (Fsp3) is 0.857. The molecule has 3 N–H and O–H groups in total. The van der Waals surface area contributed by atoms with Crippen molar-refractivity contribution in [1.29, 1.82) is 0 Å². The number of carbonyl (C=O) groups excluding carboxylic acids is 1. The van der Waals surface area contributed by atoms with E-state index in [4.69, 9.17) is 5.11 Å². The van der Waals surface area contributed by atoms with Gasteiger partial charge in [-0.2, -0.15) is 0 Å². The van der Waals surface area contributed by atoms with Gasteiger partial charge < -0.3 is 20.6 Å². The number of aliphatic hydroxyl groups excluding tert-OH is 1. The van der Waals surface area contributed by atoms with Gasteiger partial charge in [-0.3, -0.25) is 9.79 Å². The number of guanidine groups is 1. The lowest BCUT2D eigenvalue weighted by Crippen LogP contribution is -2.48. The van der Waals surface area contributed by atoms with E-state index in [2.05, 4.69) is 15.6 Å². The summed E-state index contributed by atoms with van der Waals surface area (Å²) < 4.78 is 0. The molecule has 0 radical (unpaired) electrons. The molecule has 0 saturated carbocycles. The fourth-order valence-electron chi connectivity index (χ4n) is 1.52.